The topological polar surface area (TPSA) is 104 Å². The zero-order valence-corrected chi connectivity index (χ0v) is 20.6. The predicted molar refractivity (Wildman–Crippen MR) is 135 cm³/mol. The van der Waals surface area contributed by atoms with E-state index in [9.17, 15) is 5.11 Å². The van der Waals surface area contributed by atoms with Crippen molar-refractivity contribution < 1.29 is 9.84 Å². The first-order valence-corrected chi connectivity index (χ1v) is 10.5. The SMILES string of the molecule is COc1cc(Nc2ncc(C3CCNCC3)c(NC3CCC(O)CC3)n2)ccn1.Cl.Cl.Cl. The molecule has 0 bridgehead atoms. The second-order valence-electron chi connectivity index (χ2n) is 7.88. The summed E-state index contributed by atoms with van der Waals surface area (Å²) in [4.78, 5) is 13.6. The fourth-order valence-electron chi connectivity index (χ4n) is 4.14. The normalized spacial score (nSPS) is 20.7. The molecule has 3 heterocycles. The van der Waals surface area contributed by atoms with Gasteiger partial charge in [-0.25, -0.2) is 9.97 Å². The van der Waals surface area contributed by atoms with Crippen LogP contribution in [0.25, 0.3) is 0 Å². The second-order valence-corrected chi connectivity index (χ2v) is 7.88. The maximum absolute atomic E-state index is 9.82. The maximum Gasteiger partial charge on any atom is 0.229 e. The summed E-state index contributed by atoms with van der Waals surface area (Å²) >= 11 is 0. The maximum atomic E-state index is 9.82. The summed E-state index contributed by atoms with van der Waals surface area (Å²) in [6.45, 7) is 2.05. The third kappa shape index (κ3) is 7.49. The molecule has 1 saturated heterocycles. The van der Waals surface area contributed by atoms with Crippen molar-refractivity contribution in [1.29, 1.82) is 0 Å². The average molecular weight is 508 g/mol. The van der Waals surface area contributed by atoms with E-state index in [1.165, 1.54) is 5.56 Å². The van der Waals surface area contributed by atoms with Crippen LogP contribution in [0, 0.1) is 0 Å². The molecule has 32 heavy (non-hydrogen) atoms. The molecule has 180 valence electrons. The Labute approximate surface area is 208 Å². The van der Waals surface area contributed by atoms with Gasteiger partial charge in [-0.05, 0) is 63.6 Å². The third-order valence-corrected chi connectivity index (χ3v) is 5.83. The third-order valence-electron chi connectivity index (χ3n) is 5.83. The molecular formula is C21H33Cl3N6O2. The number of pyridine rings is 1. The van der Waals surface area contributed by atoms with Crippen molar-refractivity contribution in [1.82, 2.24) is 20.3 Å². The van der Waals surface area contributed by atoms with Crippen molar-refractivity contribution in [2.24, 2.45) is 0 Å². The van der Waals surface area contributed by atoms with Gasteiger partial charge in [0.05, 0.1) is 13.2 Å². The molecule has 1 aliphatic heterocycles. The van der Waals surface area contributed by atoms with E-state index in [-0.39, 0.29) is 43.3 Å². The molecule has 0 amide bonds. The predicted octanol–water partition coefficient (Wildman–Crippen LogP) is 4.07. The molecular weight excluding hydrogens is 475 g/mol. The Morgan fingerprint density at radius 1 is 1.03 bits per heavy atom. The first kappa shape index (κ1) is 28.5. The number of aliphatic hydroxyl groups is 1. The van der Waals surface area contributed by atoms with Crippen molar-refractivity contribution in [2.45, 2.75) is 56.6 Å². The van der Waals surface area contributed by atoms with E-state index in [1.807, 2.05) is 18.3 Å². The first-order chi connectivity index (χ1) is 14.2. The summed E-state index contributed by atoms with van der Waals surface area (Å²) in [7, 11) is 1.60. The largest absolute Gasteiger partial charge is 0.481 e. The molecule has 0 atom stereocenters. The number of piperidine rings is 1. The lowest BCUT2D eigenvalue weighted by atomic mass is 9.90. The fraction of sp³-hybridized carbons (Fsp3) is 0.571. The lowest BCUT2D eigenvalue weighted by molar-refractivity contribution is 0.126. The second kappa shape index (κ2) is 13.9. The Morgan fingerprint density at radius 2 is 1.75 bits per heavy atom. The number of halogens is 3. The number of rotatable bonds is 6. The van der Waals surface area contributed by atoms with Crippen molar-refractivity contribution in [2.75, 3.05) is 30.8 Å². The van der Waals surface area contributed by atoms with Gasteiger partial charge in [0.15, 0.2) is 0 Å². The number of nitrogens with zero attached hydrogens (tertiary/aromatic N) is 3. The van der Waals surface area contributed by atoms with Crippen molar-refractivity contribution >= 4 is 54.7 Å². The van der Waals surface area contributed by atoms with E-state index in [4.69, 9.17) is 9.72 Å². The van der Waals surface area contributed by atoms with Crippen LogP contribution in [0.4, 0.5) is 17.5 Å². The van der Waals surface area contributed by atoms with E-state index in [1.54, 1.807) is 13.3 Å². The van der Waals surface area contributed by atoms with E-state index in [0.717, 1.165) is 63.1 Å². The molecule has 4 rings (SSSR count). The van der Waals surface area contributed by atoms with Gasteiger partial charge in [0.2, 0.25) is 11.8 Å². The van der Waals surface area contributed by atoms with Crippen LogP contribution >= 0.6 is 37.2 Å². The fourth-order valence-corrected chi connectivity index (χ4v) is 4.14. The monoisotopic (exact) mass is 506 g/mol. The highest BCUT2D eigenvalue weighted by Crippen LogP contribution is 2.32. The van der Waals surface area contributed by atoms with Crippen LogP contribution in [0.5, 0.6) is 5.88 Å². The first-order valence-electron chi connectivity index (χ1n) is 10.5. The molecule has 0 spiro atoms. The molecule has 1 aliphatic carbocycles. The van der Waals surface area contributed by atoms with Crippen molar-refractivity contribution in [3.63, 3.8) is 0 Å². The van der Waals surface area contributed by atoms with Gasteiger partial charge in [-0.1, -0.05) is 0 Å². The van der Waals surface area contributed by atoms with E-state index >= 15 is 0 Å². The summed E-state index contributed by atoms with van der Waals surface area (Å²) in [5.41, 5.74) is 2.02. The highest BCUT2D eigenvalue weighted by atomic mass is 35.5. The smallest absolute Gasteiger partial charge is 0.229 e. The minimum atomic E-state index is -0.166. The van der Waals surface area contributed by atoms with Crippen LogP contribution in [0.3, 0.4) is 0 Å². The standard InChI is InChI=1S/C21H30N6O2.3ClH/c1-29-19-12-16(8-11-23-19)26-21-24-13-18(14-6-9-22-10-7-14)20(27-21)25-15-2-4-17(28)5-3-15;;;/h8,11-15,17,22,28H,2-7,9-10H2,1H3,(H2,23,24,25,26,27);3*1H. The number of nitrogens with one attached hydrogen (secondary N) is 3. The van der Waals surface area contributed by atoms with Crippen LogP contribution in [-0.4, -0.2) is 52.4 Å². The number of anilines is 3. The molecule has 8 nitrogen and oxygen atoms in total. The molecule has 2 aliphatic rings. The number of aromatic nitrogens is 3. The van der Waals surface area contributed by atoms with Crippen LogP contribution in [0.2, 0.25) is 0 Å². The van der Waals surface area contributed by atoms with E-state index < -0.39 is 0 Å². The Kier molecular flexibility index (Phi) is 12.3. The minimum absolute atomic E-state index is 0. The molecule has 2 aromatic rings. The molecule has 2 fully saturated rings. The Bertz CT molecular complexity index is 818. The Morgan fingerprint density at radius 3 is 2.44 bits per heavy atom. The lowest BCUT2D eigenvalue weighted by Crippen LogP contribution is -2.30. The highest BCUT2D eigenvalue weighted by Gasteiger charge is 2.24. The van der Waals surface area contributed by atoms with E-state index in [2.05, 4.69) is 25.9 Å². The number of ether oxygens (including phenoxy) is 1. The Hall–Kier alpha value is -1.58. The van der Waals surface area contributed by atoms with Gasteiger partial charge in [-0.3, -0.25) is 0 Å². The molecule has 4 N–H and O–H groups in total. The molecule has 0 radical (unpaired) electrons. The lowest BCUT2D eigenvalue weighted by Gasteiger charge is -2.29. The number of methoxy groups -OCH3 is 1. The van der Waals surface area contributed by atoms with Gasteiger partial charge >= 0.3 is 0 Å². The van der Waals surface area contributed by atoms with Crippen LogP contribution in [-0.2, 0) is 0 Å². The molecule has 1 saturated carbocycles. The van der Waals surface area contributed by atoms with Crippen molar-refractivity contribution in [3.8, 4) is 5.88 Å². The summed E-state index contributed by atoms with van der Waals surface area (Å²) in [5, 5.41) is 20.2. The number of hydrogen-bond donors (Lipinski definition) is 4. The van der Waals surface area contributed by atoms with Crippen LogP contribution in [0.1, 0.15) is 50.0 Å². The van der Waals surface area contributed by atoms with Gasteiger partial charge in [-0.2, -0.15) is 4.98 Å². The molecule has 11 heteroatoms. The molecule has 0 aromatic carbocycles. The number of aliphatic hydroxyl groups excluding tert-OH is 1. The minimum Gasteiger partial charge on any atom is -0.481 e. The summed E-state index contributed by atoms with van der Waals surface area (Å²) < 4.78 is 5.19. The van der Waals surface area contributed by atoms with Gasteiger partial charge in [-0.15, -0.1) is 37.2 Å². The zero-order chi connectivity index (χ0) is 20.1. The summed E-state index contributed by atoms with van der Waals surface area (Å²) in [6, 6.07) is 4.02. The highest BCUT2D eigenvalue weighted by molar-refractivity contribution is 5.86. The van der Waals surface area contributed by atoms with Gasteiger partial charge in [0, 0.05) is 35.8 Å². The molecule has 0 unspecified atom stereocenters. The quantitative estimate of drug-likeness (QED) is 0.464. The van der Waals surface area contributed by atoms with Crippen LogP contribution in [0.15, 0.2) is 24.5 Å². The number of hydrogen-bond acceptors (Lipinski definition) is 8. The Balaban J connectivity index is 0.00000171. The summed E-state index contributed by atoms with van der Waals surface area (Å²) in [5.74, 6) is 2.47. The van der Waals surface area contributed by atoms with Gasteiger partial charge < -0.3 is 25.8 Å². The van der Waals surface area contributed by atoms with Gasteiger partial charge in [0.25, 0.3) is 0 Å². The van der Waals surface area contributed by atoms with Crippen molar-refractivity contribution in [3.05, 3.63) is 30.1 Å². The summed E-state index contributed by atoms with van der Waals surface area (Å²) in [6.07, 6.45) is 9.27. The molecule has 2 aromatic heterocycles. The average Bonchev–Trinajstić information content (AvgIpc) is 2.76. The zero-order valence-electron chi connectivity index (χ0n) is 18.1. The van der Waals surface area contributed by atoms with Crippen LogP contribution < -0.4 is 20.7 Å². The van der Waals surface area contributed by atoms with Gasteiger partial charge in [0.1, 0.15) is 5.82 Å². The van der Waals surface area contributed by atoms with E-state index in [0.29, 0.717) is 23.8 Å².